The molecule has 130 valence electrons. The monoisotopic (exact) mass is 338 g/mol. The second kappa shape index (κ2) is 7.38. The van der Waals surface area contributed by atoms with Gasteiger partial charge < -0.3 is 15.0 Å². The second-order valence-electron chi connectivity index (χ2n) is 6.14. The minimum atomic E-state index is -0.488. The molecule has 2 aromatic carbocycles. The Hall–Kier alpha value is -2.82. The van der Waals surface area contributed by atoms with E-state index >= 15 is 0 Å². The number of ether oxygens (including phenoxy) is 1. The molecule has 0 fully saturated rings. The molecule has 0 aromatic heterocycles. The lowest BCUT2D eigenvalue weighted by atomic mass is 10.1. The summed E-state index contributed by atoms with van der Waals surface area (Å²) in [4.78, 5) is 26.3. The standard InChI is InChI=1S/C20H22N2O3/c1-3-11-22-17-13-16(9-10-18(17)25-14(2)20(22)24)21-19(23)12-15-7-5-4-6-8-15/h4-10,13-14H,3,11-12H2,1-2H3,(H,21,23). The van der Waals surface area contributed by atoms with Crippen molar-refractivity contribution in [1.82, 2.24) is 0 Å². The molecule has 0 saturated carbocycles. The summed E-state index contributed by atoms with van der Waals surface area (Å²) in [6.45, 7) is 4.41. The van der Waals surface area contributed by atoms with Gasteiger partial charge in [-0.1, -0.05) is 37.3 Å². The number of carbonyl (C=O) groups excluding carboxylic acids is 2. The summed E-state index contributed by atoms with van der Waals surface area (Å²) in [5, 5.41) is 2.90. The molecule has 0 aliphatic carbocycles. The van der Waals surface area contributed by atoms with Crippen LogP contribution in [0.15, 0.2) is 48.5 Å². The van der Waals surface area contributed by atoms with Gasteiger partial charge in [0, 0.05) is 12.2 Å². The smallest absolute Gasteiger partial charge is 0.267 e. The molecule has 25 heavy (non-hydrogen) atoms. The Balaban J connectivity index is 1.78. The van der Waals surface area contributed by atoms with Crippen molar-refractivity contribution < 1.29 is 14.3 Å². The lowest BCUT2D eigenvalue weighted by Crippen LogP contribution is -2.44. The first kappa shape index (κ1) is 17.0. The van der Waals surface area contributed by atoms with Crippen molar-refractivity contribution in [2.45, 2.75) is 32.8 Å². The van der Waals surface area contributed by atoms with E-state index in [0.717, 1.165) is 12.0 Å². The van der Waals surface area contributed by atoms with Crippen LogP contribution in [-0.2, 0) is 16.0 Å². The zero-order valence-corrected chi connectivity index (χ0v) is 14.5. The third-order valence-electron chi connectivity index (χ3n) is 4.11. The molecule has 3 rings (SSSR count). The first-order valence-electron chi connectivity index (χ1n) is 8.54. The Bertz CT molecular complexity index is 774. The highest BCUT2D eigenvalue weighted by molar-refractivity contribution is 6.01. The van der Waals surface area contributed by atoms with E-state index in [2.05, 4.69) is 5.32 Å². The average molecular weight is 338 g/mol. The van der Waals surface area contributed by atoms with E-state index in [4.69, 9.17) is 4.74 Å². The lowest BCUT2D eigenvalue weighted by molar-refractivity contribution is -0.125. The summed E-state index contributed by atoms with van der Waals surface area (Å²) in [6.07, 6.45) is 0.670. The zero-order chi connectivity index (χ0) is 17.8. The van der Waals surface area contributed by atoms with Crippen molar-refractivity contribution >= 4 is 23.2 Å². The second-order valence-corrected chi connectivity index (χ2v) is 6.14. The molecule has 0 radical (unpaired) electrons. The molecule has 1 aliphatic heterocycles. The lowest BCUT2D eigenvalue weighted by Gasteiger charge is -2.33. The highest BCUT2D eigenvalue weighted by Gasteiger charge is 2.31. The van der Waals surface area contributed by atoms with E-state index in [1.165, 1.54) is 0 Å². The van der Waals surface area contributed by atoms with Gasteiger partial charge in [0.2, 0.25) is 5.91 Å². The van der Waals surface area contributed by atoms with Crippen molar-refractivity contribution in [3.8, 4) is 5.75 Å². The number of rotatable bonds is 5. The van der Waals surface area contributed by atoms with Crippen molar-refractivity contribution in [2.24, 2.45) is 0 Å². The van der Waals surface area contributed by atoms with Gasteiger partial charge in [0.1, 0.15) is 5.75 Å². The van der Waals surface area contributed by atoms with E-state index in [0.29, 0.717) is 30.1 Å². The highest BCUT2D eigenvalue weighted by atomic mass is 16.5. The normalized spacial score (nSPS) is 16.2. The number of hydrogen-bond donors (Lipinski definition) is 1. The van der Waals surface area contributed by atoms with E-state index in [-0.39, 0.29) is 11.8 Å². The van der Waals surface area contributed by atoms with Crippen LogP contribution in [0.1, 0.15) is 25.8 Å². The van der Waals surface area contributed by atoms with E-state index in [1.54, 1.807) is 30.0 Å². The van der Waals surface area contributed by atoms with Crippen LogP contribution in [0.3, 0.4) is 0 Å². The molecule has 5 nitrogen and oxygen atoms in total. The maximum absolute atomic E-state index is 12.4. The van der Waals surface area contributed by atoms with Gasteiger partial charge in [-0.25, -0.2) is 0 Å². The number of fused-ring (bicyclic) bond motifs is 1. The molecule has 2 amide bonds. The van der Waals surface area contributed by atoms with Crippen molar-refractivity contribution in [2.75, 3.05) is 16.8 Å². The van der Waals surface area contributed by atoms with Gasteiger partial charge in [-0.2, -0.15) is 0 Å². The number of anilines is 2. The van der Waals surface area contributed by atoms with Gasteiger partial charge in [0.05, 0.1) is 12.1 Å². The van der Waals surface area contributed by atoms with Gasteiger partial charge in [-0.3, -0.25) is 9.59 Å². The number of hydrogen-bond acceptors (Lipinski definition) is 3. The Morgan fingerprint density at radius 3 is 2.68 bits per heavy atom. The molecule has 0 saturated heterocycles. The molecule has 1 atom stereocenters. The highest BCUT2D eigenvalue weighted by Crippen LogP contribution is 2.36. The predicted octanol–water partition coefficient (Wildman–Crippen LogP) is 3.39. The van der Waals surface area contributed by atoms with Crippen LogP contribution in [-0.4, -0.2) is 24.5 Å². The Kier molecular flexibility index (Phi) is 5.03. The SMILES string of the molecule is CCCN1C(=O)C(C)Oc2ccc(NC(=O)Cc3ccccc3)cc21. The molecular weight excluding hydrogens is 316 g/mol. The maximum Gasteiger partial charge on any atom is 0.267 e. The molecular formula is C20H22N2O3. The third kappa shape index (κ3) is 3.82. The number of carbonyl (C=O) groups is 2. The van der Waals surface area contributed by atoms with Crippen LogP contribution in [0.25, 0.3) is 0 Å². The molecule has 1 heterocycles. The molecule has 1 N–H and O–H groups in total. The van der Waals surface area contributed by atoms with Crippen LogP contribution >= 0.6 is 0 Å². The van der Waals surface area contributed by atoms with E-state index in [1.807, 2.05) is 37.3 Å². The first-order chi connectivity index (χ1) is 12.1. The molecule has 2 aromatic rings. The summed E-state index contributed by atoms with van der Waals surface area (Å²) >= 11 is 0. The quantitative estimate of drug-likeness (QED) is 0.909. The third-order valence-corrected chi connectivity index (χ3v) is 4.11. The maximum atomic E-state index is 12.4. The van der Waals surface area contributed by atoms with Crippen molar-refractivity contribution in [3.05, 3.63) is 54.1 Å². The van der Waals surface area contributed by atoms with Crippen LogP contribution in [0.5, 0.6) is 5.75 Å². The number of benzene rings is 2. The topological polar surface area (TPSA) is 58.6 Å². The first-order valence-corrected chi connectivity index (χ1v) is 8.54. The van der Waals surface area contributed by atoms with Crippen LogP contribution < -0.4 is 15.0 Å². The minimum absolute atomic E-state index is 0.0536. The Morgan fingerprint density at radius 2 is 1.96 bits per heavy atom. The van der Waals surface area contributed by atoms with E-state index < -0.39 is 6.10 Å². The molecule has 5 heteroatoms. The number of nitrogens with one attached hydrogen (secondary N) is 1. The summed E-state index contributed by atoms with van der Waals surface area (Å²) in [5.41, 5.74) is 2.33. The average Bonchev–Trinajstić information content (AvgIpc) is 2.60. The number of nitrogens with zero attached hydrogens (tertiary/aromatic N) is 1. The molecule has 1 unspecified atom stereocenters. The fourth-order valence-electron chi connectivity index (χ4n) is 2.93. The predicted molar refractivity (Wildman–Crippen MR) is 98.0 cm³/mol. The van der Waals surface area contributed by atoms with Crippen LogP contribution in [0.2, 0.25) is 0 Å². The minimum Gasteiger partial charge on any atom is -0.479 e. The Labute approximate surface area is 147 Å². The zero-order valence-electron chi connectivity index (χ0n) is 14.5. The largest absolute Gasteiger partial charge is 0.479 e. The summed E-state index contributed by atoms with van der Waals surface area (Å²) in [5.74, 6) is 0.522. The van der Waals surface area contributed by atoms with Gasteiger partial charge in [-0.15, -0.1) is 0 Å². The van der Waals surface area contributed by atoms with Gasteiger partial charge in [-0.05, 0) is 37.1 Å². The van der Waals surface area contributed by atoms with Gasteiger partial charge in [0.25, 0.3) is 5.91 Å². The molecule has 0 spiro atoms. The van der Waals surface area contributed by atoms with Gasteiger partial charge in [0.15, 0.2) is 6.10 Å². The van der Waals surface area contributed by atoms with Crippen molar-refractivity contribution in [1.29, 1.82) is 0 Å². The summed E-state index contributed by atoms with van der Waals surface area (Å²) < 4.78 is 5.67. The van der Waals surface area contributed by atoms with Crippen molar-refractivity contribution in [3.63, 3.8) is 0 Å². The van der Waals surface area contributed by atoms with Gasteiger partial charge >= 0.3 is 0 Å². The molecule has 1 aliphatic rings. The van der Waals surface area contributed by atoms with Crippen LogP contribution in [0.4, 0.5) is 11.4 Å². The number of amides is 2. The summed E-state index contributed by atoms with van der Waals surface area (Å²) in [7, 11) is 0. The summed E-state index contributed by atoms with van der Waals surface area (Å²) in [6, 6.07) is 15.0. The Morgan fingerprint density at radius 1 is 1.20 bits per heavy atom. The molecule has 0 bridgehead atoms. The van der Waals surface area contributed by atoms with Crippen LogP contribution in [0, 0.1) is 0 Å². The fraction of sp³-hybridized carbons (Fsp3) is 0.300. The van der Waals surface area contributed by atoms with E-state index in [9.17, 15) is 9.59 Å². The fourth-order valence-corrected chi connectivity index (χ4v) is 2.93.